The second-order valence-corrected chi connectivity index (χ2v) is 8.00. The van der Waals surface area contributed by atoms with E-state index in [1.807, 2.05) is 33.0 Å². The van der Waals surface area contributed by atoms with Gasteiger partial charge in [0.15, 0.2) is 5.96 Å². The third-order valence-corrected chi connectivity index (χ3v) is 5.93. The Morgan fingerprint density at radius 2 is 1.83 bits per heavy atom. The zero-order valence-electron chi connectivity index (χ0n) is 18.9. The minimum atomic E-state index is 0.283. The molecule has 164 valence electrons. The molecule has 0 spiro atoms. The molecule has 0 amide bonds. The zero-order chi connectivity index (χ0) is 21.5. The average Bonchev–Trinajstić information content (AvgIpc) is 3.40. The molecule has 0 aliphatic carbocycles. The van der Waals surface area contributed by atoms with E-state index in [1.54, 1.807) is 7.11 Å². The topological polar surface area (TPSA) is 74.9 Å². The molecule has 2 atom stereocenters. The number of hydrogen-bond donors (Lipinski definition) is 2. The van der Waals surface area contributed by atoms with Crippen LogP contribution in [0.5, 0.6) is 5.75 Å². The Bertz CT molecular complexity index is 805. The minimum Gasteiger partial charge on any atom is -0.497 e. The summed E-state index contributed by atoms with van der Waals surface area (Å²) in [5, 5.41) is 11.1. The molecular formula is C23H35N5O2. The molecule has 3 rings (SSSR count). The summed E-state index contributed by atoms with van der Waals surface area (Å²) in [7, 11) is 3.52. The Labute approximate surface area is 179 Å². The summed E-state index contributed by atoms with van der Waals surface area (Å²) in [6.45, 7) is 9.96. The van der Waals surface area contributed by atoms with Gasteiger partial charge in [0.05, 0.1) is 18.8 Å². The van der Waals surface area contributed by atoms with Crippen molar-refractivity contribution in [3.05, 3.63) is 46.8 Å². The molecule has 1 aromatic carbocycles. The lowest BCUT2D eigenvalue weighted by Crippen LogP contribution is -2.43. The number of aliphatic imine (C=N–C) groups is 1. The van der Waals surface area contributed by atoms with E-state index in [4.69, 9.17) is 9.26 Å². The van der Waals surface area contributed by atoms with E-state index in [0.717, 1.165) is 49.3 Å². The lowest BCUT2D eigenvalue weighted by molar-refractivity contribution is 0.245. The summed E-state index contributed by atoms with van der Waals surface area (Å²) in [6.07, 6.45) is 2.52. The van der Waals surface area contributed by atoms with Crippen molar-refractivity contribution >= 4 is 5.96 Å². The number of aromatic nitrogens is 1. The van der Waals surface area contributed by atoms with Crippen molar-refractivity contribution < 1.29 is 9.26 Å². The second-order valence-electron chi connectivity index (χ2n) is 8.00. The van der Waals surface area contributed by atoms with E-state index in [9.17, 15) is 0 Å². The highest BCUT2D eigenvalue weighted by Gasteiger charge is 2.24. The van der Waals surface area contributed by atoms with Gasteiger partial charge in [0.1, 0.15) is 11.5 Å². The first kappa shape index (κ1) is 22.2. The van der Waals surface area contributed by atoms with Crippen LogP contribution in [-0.2, 0) is 0 Å². The maximum atomic E-state index is 5.32. The first-order chi connectivity index (χ1) is 14.5. The number of likely N-dealkylation sites (tertiary alicyclic amines) is 1. The largest absolute Gasteiger partial charge is 0.497 e. The Hall–Kier alpha value is -2.54. The van der Waals surface area contributed by atoms with Gasteiger partial charge in [-0.05, 0) is 57.5 Å². The standard InChI is InChI=1S/C23H35N5O2/c1-16(22-17(2)27-30-18(22)3)14-25-23(24-4)26-15-21(28-12-6-7-13-28)19-8-10-20(29-5)11-9-19/h8-11,16,21H,6-7,12-15H2,1-5H3,(H2,24,25,26). The van der Waals surface area contributed by atoms with Crippen molar-refractivity contribution in [2.24, 2.45) is 4.99 Å². The molecule has 1 fully saturated rings. The monoisotopic (exact) mass is 413 g/mol. The van der Waals surface area contributed by atoms with Crippen molar-refractivity contribution in [1.82, 2.24) is 20.7 Å². The molecule has 0 radical (unpaired) electrons. The molecule has 1 saturated heterocycles. The fourth-order valence-electron chi connectivity index (χ4n) is 4.30. The minimum absolute atomic E-state index is 0.283. The molecule has 7 heteroatoms. The molecular weight excluding hydrogens is 378 g/mol. The van der Waals surface area contributed by atoms with Gasteiger partial charge < -0.3 is 19.9 Å². The molecule has 1 aliphatic heterocycles. The van der Waals surface area contributed by atoms with Crippen LogP contribution in [0.15, 0.2) is 33.8 Å². The molecule has 1 aliphatic rings. The van der Waals surface area contributed by atoms with E-state index < -0.39 is 0 Å². The fraction of sp³-hybridized carbons (Fsp3) is 0.565. The van der Waals surface area contributed by atoms with Gasteiger partial charge in [-0.3, -0.25) is 9.89 Å². The van der Waals surface area contributed by atoms with E-state index in [-0.39, 0.29) is 5.92 Å². The summed E-state index contributed by atoms with van der Waals surface area (Å²) >= 11 is 0. The van der Waals surface area contributed by atoms with E-state index in [2.05, 4.69) is 44.7 Å². The molecule has 30 heavy (non-hydrogen) atoms. The van der Waals surface area contributed by atoms with Crippen molar-refractivity contribution in [3.63, 3.8) is 0 Å². The highest BCUT2D eigenvalue weighted by Crippen LogP contribution is 2.26. The number of rotatable bonds is 8. The van der Waals surface area contributed by atoms with Crippen molar-refractivity contribution in [3.8, 4) is 5.75 Å². The summed E-state index contributed by atoms with van der Waals surface area (Å²) < 4.78 is 10.6. The van der Waals surface area contributed by atoms with Gasteiger partial charge in [-0.2, -0.15) is 0 Å². The van der Waals surface area contributed by atoms with E-state index >= 15 is 0 Å². The zero-order valence-corrected chi connectivity index (χ0v) is 18.9. The summed E-state index contributed by atoms with van der Waals surface area (Å²) in [5.41, 5.74) is 3.43. The van der Waals surface area contributed by atoms with Crippen LogP contribution in [0.3, 0.4) is 0 Å². The van der Waals surface area contributed by atoms with Crippen molar-refractivity contribution in [1.29, 1.82) is 0 Å². The van der Waals surface area contributed by atoms with Crippen LogP contribution in [0.1, 0.15) is 54.3 Å². The molecule has 2 aromatic rings. The molecule has 0 saturated carbocycles. The number of guanidine groups is 1. The van der Waals surface area contributed by atoms with E-state index in [1.165, 1.54) is 24.0 Å². The smallest absolute Gasteiger partial charge is 0.191 e. The normalized spacial score (nSPS) is 17.0. The fourth-order valence-corrected chi connectivity index (χ4v) is 4.30. The van der Waals surface area contributed by atoms with Gasteiger partial charge in [0.25, 0.3) is 0 Å². The molecule has 2 heterocycles. The second kappa shape index (κ2) is 10.5. The number of ether oxygens (including phenoxy) is 1. The maximum Gasteiger partial charge on any atom is 0.191 e. The summed E-state index contributed by atoms with van der Waals surface area (Å²) in [6, 6.07) is 8.71. The van der Waals surface area contributed by atoms with Gasteiger partial charge in [0, 0.05) is 31.6 Å². The molecule has 1 aromatic heterocycles. The average molecular weight is 414 g/mol. The molecule has 7 nitrogen and oxygen atoms in total. The number of methoxy groups -OCH3 is 1. The van der Waals surface area contributed by atoms with Crippen LogP contribution >= 0.6 is 0 Å². The summed E-state index contributed by atoms with van der Waals surface area (Å²) in [4.78, 5) is 6.97. The van der Waals surface area contributed by atoms with Crippen molar-refractivity contribution in [2.45, 2.75) is 45.6 Å². The van der Waals surface area contributed by atoms with Gasteiger partial charge in [-0.1, -0.05) is 24.2 Å². The van der Waals surface area contributed by atoms with Gasteiger partial charge >= 0.3 is 0 Å². The third-order valence-electron chi connectivity index (χ3n) is 5.93. The van der Waals surface area contributed by atoms with Gasteiger partial charge in [-0.25, -0.2) is 0 Å². The highest BCUT2D eigenvalue weighted by atomic mass is 16.5. The summed E-state index contributed by atoms with van der Waals surface area (Å²) in [5.74, 6) is 2.87. The van der Waals surface area contributed by atoms with Crippen molar-refractivity contribution in [2.75, 3.05) is 40.3 Å². The number of nitrogens with one attached hydrogen (secondary N) is 2. The van der Waals surface area contributed by atoms with Crippen LogP contribution < -0.4 is 15.4 Å². The SMILES string of the molecule is CN=C(NCC(C)c1c(C)noc1C)NCC(c1ccc(OC)cc1)N1CCCC1. The first-order valence-corrected chi connectivity index (χ1v) is 10.8. The number of hydrogen-bond acceptors (Lipinski definition) is 5. The van der Waals surface area contributed by atoms with Crippen LogP contribution in [-0.4, -0.2) is 56.4 Å². The Morgan fingerprint density at radius 3 is 2.40 bits per heavy atom. The van der Waals surface area contributed by atoms with E-state index in [0.29, 0.717) is 6.04 Å². The Morgan fingerprint density at radius 1 is 1.17 bits per heavy atom. The first-order valence-electron chi connectivity index (χ1n) is 10.8. The predicted octanol–water partition coefficient (Wildman–Crippen LogP) is 3.41. The maximum absolute atomic E-state index is 5.32. The van der Waals surface area contributed by atoms with Crippen LogP contribution in [0.25, 0.3) is 0 Å². The van der Waals surface area contributed by atoms with Crippen LogP contribution in [0, 0.1) is 13.8 Å². The molecule has 2 N–H and O–H groups in total. The van der Waals surface area contributed by atoms with Gasteiger partial charge in [-0.15, -0.1) is 0 Å². The third kappa shape index (κ3) is 5.33. The number of benzene rings is 1. The highest BCUT2D eigenvalue weighted by molar-refractivity contribution is 5.79. The predicted molar refractivity (Wildman–Crippen MR) is 120 cm³/mol. The number of aryl methyl sites for hydroxylation is 2. The quantitative estimate of drug-likeness (QED) is 0.510. The van der Waals surface area contributed by atoms with Crippen LogP contribution in [0.4, 0.5) is 0 Å². The lowest BCUT2D eigenvalue weighted by atomic mass is 10.00. The molecule has 2 unspecified atom stereocenters. The Balaban J connectivity index is 1.61. The lowest BCUT2D eigenvalue weighted by Gasteiger charge is -2.29. The Kier molecular flexibility index (Phi) is 7.74. The number of nitrogens with zero attached hydrogens (tertiary/aromatic N) is 3. The molecule has 0 bridgehead atoms. The van der Waals surface area contributed by atoms with Gasteiger partial charge in [0.2, 0.25) is 0 Å². The van der Waals surface area contributed by atoms with Crippen LogP contribution in [0.2, 0.25) is 0 Å².